The van der Waals surface area contributed by atoms with Crippen molar-refractivity contribution >= 4 is 35.1 Å². The SMILES string of the molecule is C[C@@H](Sc1n[nH]c(=O)n1C1CC1)C(=O)Nc1ccccc1Sc1ccccc1. The van der Waals surface area contributed by atoms with Crippen molar-refractivity contribution in [3.05, 3.63) is 65.1 Å². The molecule has 1 fully saturated rings. The Morgan fingerprint density at radius 3 is 2.64 bits per heavy atom. The third kappa shape index (κ3) is 4.34. The van der Waals surface area contributed by atoms with Gasteiger partial charge in [0.2, 0.25) is 5.91 Å². The van der Waals surface area contributed by atoms with Gasteiger partial charge in [0.1, 0.15) is 0 Å². The molecule has 1 amide bonds. The maximum atomic E-state index is 12.8. The fourth-order valence-corrected chi connectivity index (χ4v) is 4.60. The van der Waals surface area contributed by atoms with Crippen molar-refractivity contribution in [2.45, 2.75) is 46.0 Å². The Labute approximate surface area is 171 Å². The first kappa shape index (κ1) is 18.9. The number of hydrogen-bond acceptors (Lipinski definition) is 5. The lowest BCUT2D eigenvalue weighted by Crippen LogP contribution is -2.24. The molecule has 3 aromatic rings. The lowest BCUT2D eigenvalue weighted by Gasteiger charge is -2.14. The van der Waals surface area contributed by atoms with Gasteiger partial charge in [0.25, 0.3) is 0 Å². The molecule has 1 saturated carbocycles. The van der Waals surface area contributed by atoms with E-state index in [1.165, 1.54) is 11.8 Å². The Hall–Kier alpha value is -2.45. The fourth-order valence-electron chi connectivity index (χ4n) is 2.75. The molecule has 2 N–H and O–H groups in total. The summed E-state index contributed by atoms with van der Waals surface area (Å²) in [5.41, 5.74) is 0.567. The van der Waals surface area contributed by atoms with Gasteiger partial charge in [0.15, 0.2) is 5.16 Å². The zero-order valence-electron chi connectivity index (χ0n) is 15.3. The normalized spacial score (nSPS) is 14.6. The van der Waals surface area contributed by atoms with Crippen LogP contribution >= 0.6 is 23.5 Å². The van der Waals surface area contributed by atoms with E-state index in [1.807, 2.05) is 61.5 Å². The quantitative estimate of drug-likeness (QED) is 0.569. The number of carbonyl (C=O) groups excluding carboxylic acids is 1. The van der Waals surface area contributed by atoms with E-state index in [-0.39, 0.29) is 22.9 Å². The van der Waals surface area contributed by atoms with Crippen LogP contribution in [0.25, 0.3) is 0 Å². The lowest BCUT2D eigenvalue weighted by atomic mass is 10.3. The van der Waals surface area contributed by atoms with E-state index in [2.05, 4.69) is 15.5 Å². The number of benzene rings is 2. The molecule has 0 aliphatic heterocycles. The summed E-state index contributed by atoms with van der Waals surface area (Å²) in [6.45, 7) is 1.82. The molecule has 1 heterocycles. The molecular formula is C20H20N4O2S2. The van der Waals surface area contributed by atoms with Gasteiger partial charge in [-0.05, 0) is 44.0 Å². The van der Waals surface area contributed by atoms with E-state index < -0.39 is 0 Å². The highest BCUT2D eigenvalue weighted by molar-refractivity contribution is 8.00. The fraction of sp³-hybridized carbons (Fsp3) is 0.250. The monoisotopic (exact) mass is 412 g/mol. The van der Waals surface area contributed by atoms with Crippen LogP contribution in [0.15, 0.2) is 74.3 Å². The first-order valence-electron chi connectivity index (χ1n) is 9.08. The second-order valence-corrected chi connectivity index (χ2v) is 9.00. The molecule has 144 valence electrons. The van der Waals surface area contributed by atoms with Crippen LogP contribution in [0, 0.1) is 0 Å². The second kappa shape index (κ2) is 8.28. The van der Waals surface area contributed by atoms with Crippen molar-refractivity contribution in [1.29, 1.82) is 0 Å². The van der Waals surface area contributed by atoms with Crippen molar-refractivity contribution in [1.82, 2.24) is 14.8 Å². The minimum atomic E-state index is -0.387. The summed E-state index contributed by atoms with van der Waals surface area (Å²) in [6.07, 6.45) is 1.97. The first-order valence-corrected chi connectivity index (χ1v) is 10.8. The highest BCUT2D eigenvalue weighted by atomic mass is 32.2. The minimum Gasteiger partial charge on any atom is -0.324 e. The summed E-state index contributed by atoms with van der Waals surface area (Å²) in [5.74, 6) is -0.121. The van der Waals surface area contributed by atoms with Crippen LogP contribution < -0.4 is 11.0 Å². The van der Waals surface area contributed by atoms with Gasteiger partial charge in [-0.25, -0.2) is 9.89 Å². The molecule has 1 aliphatic rings. The van der Waals surface area contributed by atoms with Crippen molar-refractivity contribution in [2.75, 3.05) is 5.32 Å². The van der Waals surface area contributed by atoms with Gasteiger partial charge in [-0.15, -0.1) is 5.10 Å². The lowest BCUT2D eigenvalue weighted by molar-refractivity contribution is -0.115. The van der Waals surface area contributed by atoms with Gasteiger partial charge < -0.3 is 5.32 Å². The molecule has 6 nitrogen and oxygen atoms in total. The van der Waals surface area contributed by atoms with Gasteiger partial charge in [-0.3, -0.25) is 9.36 Å². The Balaban J connectivity index is 1.46. The summed E-state index contributed by atoms with van der Waals surface area (Å²) in [5, 5.41) is 9.78. The smallest absolute Gasteiger partial charge is 0.324 e. The number of hydrogen-bond donors (Lipinski definition) is 2. The van der Waals surface area contributed by atoms with E-state index >= 15 is 0 Å². The molecule has 0 spiro atoms. The molecule has 0 radical (unpaired) electrons. The molecule has 4 rings (SSSR count). The third-order valence-electron chi connectivity index (χ3n) is 4.35. The number of H-pyrrole nitrogens is 1. The first-order chi connectivity index (χ1) is 13.6. The number of anilines is 1. The number of aromatic nitrogens is 3. The predicted molar refractivity (Wildman–Crippen MR) is 112 cm³/mol. The summed E-state index contributed by atoms with van der Waals surface area (Å²) < 4.78 is 1.66. The van der Waals surface area contributed by atoms with Crippen LogP contribution in [0.2, 0.25) is 0 Å². The van der Waals surface area contributed by atoms with Crippen molar-refractivity contribution < 1.29 is 4.79 Å². The number of aromatic amines is 1. The van der Waals surface area contributed by atoms with Crippen LogP contribution in [0.1, 0.15) is 25.8 Å². The second-order valence-electron chi connectivity index (χ2n) is 6.57. The highest BCUT2D eigenvalue weighted by Crippen LogP contribution is 2.37. The Morgan fingerprint density at radius 1 is 1.18 bits per heavy atom. The molecule has 0 saturated heterocycles. The molecule has 8 heteroatoms. The predicted octanol–water partition coefficient (Wildman–Crippen LogP) is 4.18. The van der Waals surface area contributed by atoms with Crippen molar-refractivity contribution in [2.24, 2.45) is 0 Å². The summed E-state index contributed by atoms with van der Waals surface area (Å²) in [4.78, 5) is 26.8. The molecule has 1 atom stereocenters. The van der Waals surface area contributed by atoms with Crippen molar-refractivity contribution in [3.8, 4) is 0 Å². The van der Waals surface area contributed by atoms with E-state index in [1.54, 1.807) is 16.3 Å². The summed E-state index contributed by atoms with van der Waals surface area (Å²) >= 11 is 2.90. The molecule has 0 bridgehead atoms. The largest absolute Gasteiger partial charge is 0.344 e. The van der Waals surface area contributed by atoms with Crippen LogP contribution in [0.5, 0.6) is 0 Å². The van der Waals surface area contributed by atoms with E-state index in [4.69, 9.17) is 0 Å². The zero-order valence-corrected chi connectivity index (χ0v) is 16.9. The molecule has 28 heavy (non-hydrogen) atoms. The number of para-hydroxylation sites is 1. The van der Waals surface area contributed by atoms with E-state index in [9.17, 15) is 9.59 Å². The van der Waals surface area contributed by atoms with Crippen molar-refractivity contribution in [3.63, 3.8) is 0 Å². The van der Waals surface area contributed by atoms with E-state index in [0.717, 1.165) is 28.3 Å². The number of nitrogens with one attached hydrogen (secondary N) is 2. The Bertz CT molecular complexity index is 1030. The third-order valence-corrected chi connectivity index (χ3v) is 6.50. The number of rotatable bonds is 7. The van der Waals surface area contributed by atoms with E-state index in [0.29, 0.717) is 5.16 Å². The number of amides is 1. The standard InChI is InChI=1S/C20H20N4O2S2/c1-13(27-20-23-22-19(26)24(20)14-11-12-14)18(25)21-16-9-5-6-10-17(16)28-15-7-3-2-4-8-15/h2-10,13-14H,11-12H2,1H3,(H,21,25)(H,22,26)/t13-/m1/s1. The van der Waals surface area contributed by atoms with Crippen LogP contribution in [-0.4, -0.2) is 25.9 Å². The average molecular weight is 413 g/mol. The maximum absolute atomic E-state index is 12.8. The maximum Gasteiger partial charge on any atom is 0.344 e. The minimum absolute atomic E-state index is 0.121. The Kier molecular flexibility index (Phi) is 5.59. The topological polar surface area (TPSA) is 79.8 Å². The zero-order chi connectivity index (χ0) is 19.5. The van der Waals surface area contributed by atoms with Gasteiger partial charge in [-0.2, -0.15) is 0 Å². The van der Waals surface area contributed by atoms with Gasteiger partial charge >= 0.3 is 5.69 Å². The summed E-state index contributed by atoms with van der Waals surface area (Å²) in [6, 6.07) is 18.0. The molecule has 2 aromatic carbocycles. The molecular weight excluding hydrogens is 392 g/mol. The van der Waals surface area contributed by atoms with Crippen LogP contribution in [-0.2, 0) is 4.79 Å². The van der Waals surface area contributed by atoms with Gasteiger partial charge in [-0.1, -0.05) is 53.9 Å². The Morgan fingerprint density at radius 2 is 1.89 bits per heavy atom. The number of thioether (sulfide) groups is 1. The molecule has 1 aromatic heterocycles. The average Bonchev–Trinajstić information content (AvgIpc) is 3.47. The molecule has 0 unspecified atom stereocenters. The van der Waals surface area contributed by atoms with Crippen LogP contribution in [0.4, 0.5) is 5.69 Å². The van der Waals surface area contributed by atoms with Crippen LogP contribution in [0.3, 0.4) is 0 Å². The van der Waals surface area contributed by atoms with Gasteiger partial charge in [0.05, 0.1) is 10.9 Å². The number of nitrogens with zero attached hydrogens (tertiary/aromatic N) is 2. The molecule has 1 aliphatic carbocycles. The van der Waals surface area contributed by atoms with Gasteiger partial charge in [0, 0.05) is 15.8 Å². The summed E-state index contributed by atoms with van der Waals surface area (Å²) in [7, 11) is 0. The number of carbonyl (C=O) groups is 1. The highest BCUT2D eigenvalue weighted by Gasteiger charge is 2.30.